The predicted octanol–water partition coefficient (Wildman–Crippen LogP) is 4.53. The van der Waals surface area contributed by atoms with Crippen LogP contribution < -0.4 is 15.4 Å². The van der Waals surface area contributed by atoms with Crippen LogP contribution in [0.15, 0.2) is 42.5 Å². The fourth-order valence-electron chi connectivity index (χ4n) is 5.33. The molecule has 5 rings (SSSR count). The Labute approximate surface area is 178 Å². The van der Waals surface area contributed by atoms with E-state index in [9.17, 15) is 4.79 Å². The van der Waals surface area contributed by atoms with Crippen LogP contribution in [0.3, 0.4) is 0 Å². The second kappa shape index (κ2) is 8.31. The molecule has 1 unspecified atom stereocenters. The van der Waals surface area contributed by atoms with Gasteiger partial charge in [-0.25, -0.2) is 0 Å². The number of likely N-dealkylation sites (tertiary alicyclic amines) is 1. The van der Waals surface area contributed by atoms with Crippen molar-refractivity contribution in [1.29, 1.82) is 0 Å². The van der Waals surface area contributed by atoms with E-state index >= 15 is 0 Å². The summed E-state index contributed by atoms with van der Waals surface area (Å²) in [6.07, 6.45) is 4.60. The summed E-state index contributed by atoms with van der Waals surface area (Å²) >= 11 is 0. The van der Waals surface area contributed by atoms with E-state index in [1.165, 1.54) is 17.5 Å². The zero-order chi connectivity index (χ0) is 20.5. The van der Waals surface area contributed by atoms with Crippen LogP contribution in [0.4, 0.5) is 5.69 Å². The largest absolute Gasteiger partial charge is 0.494 e. The molecule has 2 saturated heterocycles. The number of rotatable bonds is 4. The summed E-state index contributed by atoms with van der Waals surface area (Å²) in [5.74, 6) is 1.57. The van der Waals surface area contributed by atoms with Crippen molar-refractivity contribution in [2.24, 2.45) is 5.92 Å². The SMILES string of the molecule is CCOc1ccc(C2Nc3ccc(C(=O)N4CCCCC4)cc3[C@H]3NCC[C@@H]23)cc1. The van der Waals surface area contributed by atoms with Crippen LogP contribution in [0.1, 0.15) is 66.2 Å². The lowest BCUT2D eigenvalue weighted by Crippen LogP contribution is -2.36. The molecular weight excluding hydrogens is 374 g/mol. The van der Waals surface area contributed by atoms with Crippen LogP contribution in [-0.4, -0.2) is 37.0 Å². The number of ether oxygens (including phenoxy) is 1. The second-order valence-corrected chi connectivity index (χ2v) is 8.66. The average molecular weight is 406 g/mol. The van der Waals surface area contributed by atoms with Crippen molar-refractivity contribution in [3.8, 4) is 5.75 Å². The minimum atomic E-state index is 0.181. The highest BCUT2D eigenvalue weighted by atomic mass is 16.5. The highest BCUT2D eigenvalue weighted by Crippen LogP contribution is 2.47. The Morgan fingerprint density at radius 3 is 2.63 bits per heavy atom. The van der Waals surface area contributed by atoms with Crippen molar-refractivity contribution in [1.82, 2.24) is 10.2 Å². The first kappa shape index (κ1) is 19.4. The molecule has 3 heterocycles. The van der Waals surface area contributed by atoms with E-state index in [4.69, 9.17) is 4.74 Å². The first-order valence-electron chi connectivity index (χ1n) is 11.4. The first-order chi connectivity index (χ1) is 14.7. The molecule has 3 aliphatic rings. The normalized spacial score (nSPS) is 25.2. The van der Waals surface area contributed by atoms with Crippen LogP contribution in [-0.2, 0) is 0 Å². The number of nitrogens with one attached hydrogen (secondary N) is 2. The molecule has 3 aliphatic heterocycles. The summed E-state index contributed by atoms with van der Waals surface area (Å²) in [6.45, 7) is 5.47. The zero-order valence-electron chi connectivity index (χ0n) is 17.7. The van der Waals surface area contributed by atoms with E-state index in [1.807, 2.05) is 17.9 Å². The van der Waals surface area contributed by atoms with Crippen LogP contribution in [0.2, 0.25) is 0 Å². The maximum absolute atomic E-state index is 13.0. The maximum Gasteiger partial charge on any atom is 0.253 e. The fourth-order valence-corrected chi connectivity index (χ4v) is 5.33. The van der Waals surface area contributed by atoms with E-state index in [2.05, 4.69) is 47.0 Å². The quantitative estimate of drug-likeness (QED) is 0.785. The third-order valence-electron chi connectivity index (χ3n) is 6.84. The minimum absolute atomic E-state index is 0.181. The van der Waals surface area contributed by atoms with E-state index < -0.39 is 0 Å². The molecule has 0 aromatic heterocycles. The Bertz CT molecular complexity index is 905. The number of amides is 1. The molecule has 2 aromatic carbocycles. The number of carbonyl (C=O) groups excluding carboxylic acids is 1. The van der Waals surface area contributed by atoms with Crippen LogP contribution in [0, 0.1) is 5.92 Å². The molecule has 0 bridgehead atoms. The van der Waals surface area contributed by atoms with Gasteiger partial charge in [0.05, 0.1) is 12.6 Å². The van der Waals surface area contributed by atoms with Crippen molar-refractivity contribution in [2.45, 2.75) is 44.7 Å². The monoisotopic (exact) mass is 405 g/mol. The number of fused-ring (bicyclic) bond motifs is 3. The molecule has 2 fully saturated rings. The molecular formula is C25H31N3O2. The number of anilines is 1. The standard InChI is InChI=1S/C25H31N3O2/c1-2-30-19-9-6-17(7-10-19)23-20-12-13-26-24(20)21-16-18(8-11-22(21)27-23)25(29)28-14-4-3-5-15-28/h6-11,16,20,23-24,26-27H,2-5,12-15H2,1H3/t20-,23?,24-/m0/s1. The van der Waals surface area contributed by atoms with E-state index in [1.54, 1.807) is 0 Å². The number of hydrogen-bond acceptors (Lipinski definition) is 4. The summed E-state index contributed by atoms with van der Waals surface area (Å²) in [4.78, 5) is 15.0. The van der Waals surface area contributed by atoms with Gasteiger partial charge in [-0.2, -0.15) is 0 Å². The van der Waals surface area contributed by atoms with Crippen LogP contribution >= 0.6 is 0 Å². The Kier molecular flexibility index (Phi) is 5.38. The molecule has 158 valence electrons. The van der Waals surface area contributed by atoms with E-state index in [0.717, 1.165) is 55.9 Å². The maximum atomic E-state index is 13.0. The molecule has 2 aromatic rings. The molecule has 1 amide bonds. The molecule has 5 nitrogen and oxygen atoms in total. The Balaban J connectivity index is 1.42. The minimum Gasteiger partial charge on any atom is -0.494 e. The summed E-state index contributed by atoms with van der Waals surface area (Å²) in [5.41, 5.74) is 4.49. The van der Waals surface area contributed by atoms with Crippen LogP contribution in [0.5, 0.6) is 5.75 Å². The zero-order valence-corrected chi connectivity index (χ0v) is 17.7. The summed E-state index contributed by atoms with van der Waals surface area (Å²) in [7, 11) is 0. The fraction of sp³-hybridized carbons (Fsp3) is 0.480. The lowest BCUT2D eigenvalue weighted by atomic mass is 9.80. The Morgan fingerprint density at radius 2 is 1.87 bits per heavy atom. The highest BCUT2D eigenvalue weighted by molar-refractivity contribution is 5.95. The van der Waals surface area contributed by atoms with Gasteiger partial charge in [-0.15, -0.1) is 0 Å². The van der Waals surface area contributed by atoms with Gasteiger partial charge < -0.3 is 20.3 Å². The summed E-state index contributed by atoms with van der Waals surface area (Å²) in [6, 6.07) is 15.3. The number of hydrogen-bond donors (Lipinski definition) is 2. The molecule has 0 spiro atoms. The Hall–Kier alpha value is -2.53. The highest BCUT2D eigenvalue weighted by Gasteiger charge is 2.40. The lowest BCUT2D eigenvalue weighted by molar-refractivity contribution is 0.0724. The van der Waals surface area contributed by atoms with Gasteiger partial charge in [0, 0.05) is 36.3 Å². The van der Waals surface area contributed by atoms with Gasteiger partial charge in [0.15, 0.2) is 0 Å². The number of carbonyl (C=O) groups is 1. The van der Waals surface area contributed by atoms with Crippen molar-refractivity contribution in [3.63, 3.8) is 0 Å². The van der Waals surface area contributed by atoms with Gasteiger partial charge in [-0.1, -0.05) is 12.1 Å². The molecule has 3 atom stereocenters. The van der Waals surface area contributed by atoms with E-state index in [-0.39, 0.29) is 18.0 Å². The van der Waals surface area contributed by atoms with E-state index in [0.29, 0.717) is 12.5 Å². The van der Waals surface area contributed by atoms with Gasteiger partial charge in [0.2, 0.25) is 0 Å². The molecule has 2 N–H and O–H groups in total. The number of benzene rings is 2. The van der Waals surface area contributed by atoms with Gasteiger partial charge in [0.1, 0.15) is 5.75 Å². The second-order valence-electron chi connectivity index (χ2n) is 8.66. The van der Waals surface area contributed by atoms with Gasteiger partial charge >= 0.3 is 0 Å². The first-order valence-corrected chi connectivity index (χ1v) is 11.4. The third-order valence-corrected chi connectivity index (χ3v) is 6.84. The van der Waals surface area contributed by atoms with Crippen molar-refractivity contribution < 1.29 is 9.53 Å². The van der Waals surface area contributed by atoms with Gasteiger partial charge in [-0.3, -0.25) is 4.79 Å². The van der Waals surface area contributed by atoms with Gasteiger partial charge in [-0.05, 0) is 80.6 Å². The van der Waals surface area contributed by atoms with Crippen molar-refractivity contribution in [3.05, 3.63) is 59.2 Å². The average Bonchev–Trinajstić information content (AvgIpc) is 3.29. The number of nitrogens with zero attached hydrogens (tertiary/aromatic N) is 1. The van der Waals surface area contributed by atoms with Gasteiger partial charge in [0.25, 0.3) is 5.91 Å². The number of piperidine rings is 1. The summed E-state index contributed by atoms with van der Waals surface area (Å²) in [5, 5.41) is 7.48. The van der Waals surface area contributed by atoms with Crippen molar-refractivity contribution in [2.75, 3.05) is 31.6 Å². The molecule has 30 heavy (non-hydrogen) atoms. The Morgan fingerprint density at radius 1 is 1.07 bits per heavy atom. The lowest BCUT2D eigenvalue weighted by Gasteiger charge is -2.37. The smallest absolute Gasteiger partial charge is 0.253 e. The third kappa shape index (κ3) is 3.56. The van der Waals surface area contributed by atoms with Crippen molar-refractivity contribution >= 4 is 11.6 Å². The molecule has 5 heteroatoms. The molecule has 0 radical (unpaired) electrons. The predicted molar refractivity (Wildman–Crippen MR) is 119 cm³/mol. The van der Waals surface area contributed by atoms with Crippen LogP contribution in [0.25, 0.3) is 0 Å². The molecule has 0 aliphatic carbocycles. The molecule has 0 saturated carbocycles. The topological polar surface area (TPSA) is 53.6 Å². The summed E-state index contributed by atoms with van der Waals surface area (Å²) < 4.78 is 5.61.